The third-order valence-electron chi connectivity index (χ3n) is 1.05. The van der Waals surface area contributed by atoms with Crippen LogP contribution in [0.3, 0.4) is 0 Å². The minimum absolute atomic E-state index is 0. The fourth-order valence-electron chi connectivity index (χ4n) is 0.581. The molecule has 0 fully saturated rings. The molecule has 0 heterocycles. The predicted molar refractivity (Wildman–Crippen MR) is 35.1 cm³/mol. The molecule has 0 saturated heterocycles. The first-order valence-corrected chi connectivity index (χ1v) is 2.55. The number of benzene rings is 1. The van der Waals surface area contributed by atoms with Crippen molar-refractivity contribution in [3.8, 4) is 6.07 Å². The van der Waals surface area contributed by atoms with Crippen molar-refractivity contribution in [2.24, 2.45) is 0 Å². The van der Waals surface area contributed by atoms with Crippen LogP contribution >= 0.6 is 0 Å². The topological polar surface area (TPSA) is 47.6 Å². The third kappa shape index (κ3) is 1.81. The SMILES string of the molecule is N#Cc1ccccc1[NH-].[Li+]. The van der Waals surface area contributed by atoms with Crippen molar-refractivity contribution in [1.82, 2.24) is 0 Å². The molecule has 10 heavy (non-hydrogen) atoms. The molecule has 0 amide bonds. The van der Waals surface area contributed by atoms with E-state index in [1.807, 2.05) is 6.07 Å². The van der Waals surface area contributed by atoms with E-state index in [1.54, 1.807) is 24.3 Å². The molecule has 0 aliphatic carbocycles. The van der Waals surface area contributed by atoms with E-state index in [-0.39, 0.29) is 18.9 Å². The summed E-state index contributed by atoms with van der Waals surface area (Å²) in [5, 5.41) is 8.35. The van der Waals surface area contributed by atoms with Gasteiger partial charge in [-0.15, -0.1) is 5.69 Å². The monoisotopic (exact) mass is 124 g/mol. The first-order valence-electron chi connectivity index (χ1n) is 2.55. The van der Waals surface area contributed by atoms with Gasteiger partial charge in [0.25, 0.3) is 0 Å². The quantitative estimate of drug-likeness (QED) is 0.419. The molecule has 2 nitrogen and oxygen atoms in total. The second kappa shape index (κ2) is 4.01. The maximum Gasteiger partial charge on any atom is 1.00 e. The summed E-state index contributed by atoms with van der Waals surface area (Å²) in [5.74, 6) is 0. The van der Waals surface area contributed by atoms with Crippen molar-refractivity contribution in [2.45, 2.75) is 0 Å². The number of hydrogen-bond donors (Lipinski definition) is 0. The maximum atomic E-state index is 8.35. The number of rotatable bonds is 0. The fourth-order valence-corrected chi connectivity index (χ4v) is 0.581. The van der Waals surface area contributed by atoms with Crippen LogP contribution in [0.5, 0.6) is 0 Å². The van der Waals surface area contributed by atoms with Gasteiger partial charge >= 0.3 is 18.9 Å². The van der Waals surface area contributed by atoms with E-state index in [1.165, 1.54) is 0 Å². The van der Waals surface area contributed by atoms with Crippen LogP contribution in [0.1, 0.15) is 5.56 Å². The van der Waals surface area contributed by atoms with E-state index < -0.39 is 0 Å². The molecule has 0 aromatic heterocycles. The van der Waals surface area contributed by atoms with Gasteiger partial charge in [-0.25, -0.2) is 0 Å². The molecule has 3 heteroatoms. The van der Waals surface area contributed by atoms with Crippen LogP contribution < -0.4 is 18.9 Å². The molecule has 1 aromatic rings. The Morgan fingerprint density at radius 1 is 1.30 bits per heavy atom. The van der Waals surface area contributed by atoms with Crippen LogP contribution in [0.25, 0.3) is 5.73 Å². The average Bonchev–Trinajstić information content (AvgIpc) is 1.89. The number of nitriles is 1. The Hall–Kier alpha value is -0.893. The Balaban J connectivity index is 0.000000810. The van der Waals surface area contributed by atoms with Gasteiger partial charge in [-0.1, -0.05) is 18.2 Å². The first-order chi connectivity index (χ1) is 4.34. The van der Waals surface area contributed by atoms with E-state index in [4.69, 9.17) is 11.0 Å². The normalized spacial score (nSPS) is 7.50. The number of nitrogens with zero attached hydrogens (tertiary/aromatic N) is 1. The van der Waals surface area contributed by atoms with Crippen molar-refractivity contribution in [1.29, 1.82) is 5.26 Å². The van der Waals surface area contributed by atoms with E-state index in [2.05, 4.69) is 0 Å². The summed E-state index contributed by atoms with van der Waals surface area (Å²) < 4.78 is 0. The van der Waals surface area contributed by atoms with Crippen LogP contribution in [0, 0.1) is 11.3 Å². The second-order valence-electron chi connectivity index (χ2n) is 1.66. The molecule has 1 N–H and O–H groups in total. The molecular formula is C7H5LiN2. The molecule has 0 unspecified atom stereocenters. The summed E-state index contributed by atoms with van der Waals surface area (Å²) in [7, 11) is 0. The maximum absolute atomic E-state index is 8.35. The van der Waals surface area contributed by atoms with Gasteiger partial charge in [0, 0.05) is 5.56 Å². The van der Waals surface area contributed by atoms with E-state index >= 15 is 0 Å². The number of hydrogen-bond acceptors (Lipinski definition) is 1. The van der Waals surface area contributed by atoms with Crippen LogP contribution in [0.15, 0.2) is 24.3 Å². The van der Waals surface area contributed by atoms with Gasteiger partial charge in [0.05, 0.1) is 6.07 Å². The molecule has 0 aliphatic heterocycles. The van der Waals surface area contributed by atoms with Crippen molar-refractivity contribution in [3.63, 3.8) is 0 Å². The molecule has 0 radical (unpaired) electrons. The summed E-state index contributed by atoms with van der Waals surface area (Å²) in [4.78, 5) is 0. The van der Waals surface area contributed by atoms with Gasteiger partial charge in [-0.2, -0.15) is 5.26 Å². The van der Waals surface area contributed by atoms with Gasteiger partial charge < -0.3 is 5.73 Å². The fraction of sp³-hybridized carbons (Fsp3) is 0. The van der Waals surface area contributed by atoms with Crippen molar-refractivity contribution >= 4 is 5.69 Å². The average molecular weight is 124 g/mol. The molecule has 0 spiro atoms. The van der Waals surface area contributed by atoms with Crippen molar-refractivity contribution in [3.05, 3.63) is 35.6 Å². The van der Waals surface area contributed by atoms with E-state index in [9.17, 15) is 0 Å². The van der Waals surface area contributed by atoms with Crippen LogP contribution in [-0.2, 0) is 0 Å². The molecule has 0 saturated carbocycles. The van der Waals surface area contributed by atoms with Crippen molar-refractivity contribution in [2.75, 3.05) is 0 Å². The summed E-state index contributed by atoms with van der Waals surface area (Å²) in [5.41, 5.74) is 7.87. The summed E-state index contributed by atoms with van der Waals surface area (Å²) in [6.07, 6.45) is 0. The summed E-state index contributed by atoms with van der Waals surface area (Å²) in [6, 6.07) is 8.62. The van der Waals surface area contributed by atoms with Crippen LogP contribution in [0.2, 0.25) is 0 Å². The zero-order chi connectivity index (χ0) is 6.69. The Morgan fingerprint density at radius 2 is 1.90 bits per heavy atom. The van der Waals surface area contributed by atoms with Crippen molar-refractivity contribution < 1.29 is 18.9 Å². The Morgan fingerprint density at radius 3 is 2.30 bits per heavy atom. The van der Waals surface area contributed by atoms with E-state index in [0.717, 1.165) is 0 Å². The third-order valence-corrected chi connectivity index (χ3v) is 1.05. The zero-order valence-corrected chi connectivity index (χ0v) is 5.76. The minimum atomic E-state index is 0. The molecule has 0 bridgehead atoms. The molecule has 1 aromatic carbocycles. The molecule has 1 rings (SSSR count). The largest absolute Gasteiger partial charge is 1.00 e. The molecule has 0 aliphatic rings. The molecular weight excluding hydrogens is 119 g/mol. The van der Waals surface area contributed by atoms with E-state index in [0.29, 0.717) is 11.3 Å². The predicted octanol–water partition coefficient (Wildman–Crippen LogP) is -0.754. The minimum Gasteiger partial charge on any atom is -0.698 e. The Kier molecular flexibility index (Phi) is 3.65. The van der Waals surface area contributed by atoms with Gasteiger partial charge in [-0.3, -0.25) is 0 Å². The second-order valence-corrected chi connectivity index (χ2v) is 1.66. The number of nitrogens with one attached hydrogen (secondary N) is 1. The Labute approximate surface area is 71.8 Å². The molecule has 0 atom stereocenters. The zero-order valence-electron chi connectivity index (χ0n) is 5.76. The van der Waals surface area contributed by atoms with Crippen LogP contribution in [-0.4, -0.2) is 0 Å². The summed E-state index contributed by atoms with van der Waals surface area (Å²) in [6.45, 7) is 0. The van der Waals surface area contributed by atoms with Gasteiger partial charge in [0.1, 0.15) is 0 Å². The van der Waals surface area contributed by atoms with Gasteiger partial charge in [-0.05, 0) is 6.07 Å². The summed E-state index contributed by atoms with van der Waals surface area (Å²) >= 11 is 0. The molecule has 44 valence electrons. The van der Waals surface area contributed by atoms with Gasteiger partial charge in [0.15, 0.2) is 0 Å². The standard InChI is InChI=1S/C7H5N2.Li/c8-5-6-3-1-2-4-7(6)9;/h1-4,9H;/q-1;+1. The van der Waals surface area contributed by atoms with Gasteiger partial charge in [0.2, 0.25) is 0 Å². The smallest absolute Gasteiger partial charge is 0.698 e. The van der Waals surface area contributed by atoms with Crippen LogP contribution in [0.4, 0.5) is 5.69 Å². The Bertz CT molecular complexity index is 252. The first kappa shape index (κ1) is 9.11.